The number of carbonyl (C=O) groups is 1. The first-order valence-corrected chi connectivity index (χ1v) is 17.6. The van der Waals surface area contributed by atoms with Crippen molar-refractivity contribution < 1.29 is 35.5 Å². The van der Waals surface area contributed by atoms with Gasteiger partial charge < -0.3 is 14.5 Å². The number of amides is 1. The quantitative estimate of drug-likeness (QED) is 0.309. The number of anilines is 1. The molecule has 1 saturated heterocycles. The van der Waals surface area contributed by atoms with Gasteiger partial charge >= 0.3 is 0 Å². The lowest BCUT2D eigenvalue weighted by Gasteiger charge is -2.36. The largest absolute Gasteiger partial charge is 0.494 e. The summed E-state index contributed by atoms with van der Waals surface area (Å²) in [5.74, 6) is 0.902. The average molecular weight is 628 g/mol. The lowest BCUT2D eigenvalue weighted by molar-refractivity contribution is 0.0780. The summed E-state index contributed by atoms with van der Waals surface area (Å²) in [5.41, 5.74) is 3.30. The van der Waals surface area contributed by atoms with E-state index in [1.807, 2.05) is 36.6 Å². The molecule has 1 fully saturated rings. The van der Waals surface area contributed by atoms with Crippen LogP contribution in [0.2, 0.25) is 0 Å². The molecule has 226 valence electrons. The van der Waals surface area contributed by atoms with Crippen molar-refractivity contribution in [3.05, 3.63) is 59.0 Å². The van der Waals surface area contributed by atoms with Crippen molar-refractivity contribution >= 4 is 53.3 Å². The Morgan fingerprint density at radius 3 is 2.24 bits per heavy atom. The van der Waals surface area contributed by atoms with Crippen LogP contribution >= 0.6 is 11.3 Å². The summed E-state index contributed by atoms with van der Waals surface area (Å²) >= 11 is 1.81. The Balaban J connectivity index is 0.000000400. The van der Waals surface area contributed by atoms with E-state index in [2.05, 4.69) is 39.4 Å². The third kappa shape index (κ3) is 11.2. The molecule has 41 heavy (non-hydrogen) atoms. The molecule has 0 unspecified atom stereocenters. The molecule has 1 aromatic heterocycles. The van der Waals surface area contributed by atoms with Crippen LogP contribution < -0.4 is 9.64 Å². The molecular formula is C27H37N3O8S3. The molecule has 2 N–H and O–H groups in total. The van der Waals surface area contributed by atoms with Crippen LogP contribution in [0.15, 0.2) is 47.8 Å². The van der Waals surface area contributed by atoms with Gasteiger partial charge in [0.25, 0.3) is 26.1 Å². The van der Waals surface area contributed by atoms with Gasteiger partial charge in [-0.05, 0) is 54.1 Å². The maximum absolute atomic E-state index is 12.4. The highest BCUT2D eigenvalue weighted by atomic mass is 32.2. The average Bonchev–Trinajstić information content (AvgIpc) is 3.37. The molecular weight excluding hydrogens is 591 g/mol. The first-order chi connectivity index (χ1) is 19.2. The lowest BCUT2D eigenvalue weighted by Crippen LogP contribution is -2.46. The monoisotopic (exact) mass is 627 g/mol. The number of rotatable bonds is 6. The molecule has 0 aliphatic carbocycles. The van der Waals surface area contributed by atoms with Crippen LogP contribution in [0.25, 0.3) is 10.1 Å². The number of thiophene rings is 1. The molecule has 0 bridgehead atoms. The lowest BCUT2D eigenvalue weighted by atomic mass is 9.99. The van der Waals surface area contributed by atoms with Crippen molar-refractivity contribution in [2.24, 2.45) is 0 Å². The third-order valence-corrected chi connectivity index (χ3v) is 7.33. The second-order valence-corrected chi connectivity index (χ2v) is 13.8. The number of ether oxygens (including phenoxy) is 1. The van der Waals surface area contributed by atoms with E-state index in [-0.39, 0.29) is 5.91 Å². The van der Waals surface area contributed by atoms with Crippen molar-refractivity contribution in [2.45, 2.75) is 12.8 Å². The molecule has 0 spiro atoms. The standard InChI is InChI=1S/C25H29N3O2S.2CH4O3S/c1-26-11-8-19-6-7-20(18-22(19)25(26)29)30-16-3-10-27-12-14-28(15-13-27)23-4-2-5-24-21(23)9-17-31-24;2*1-5(2,3)4/h2,4-7,9,17-18H,3,8,10-16H2,1H3;2*1H3,(H,2,3,4). The van der Waals surface area contributed by atoms with Gasteiger partial charge in [0.15, 0.2) is 0 Å². The fourth-order valence-corrected chi connectivity index (χ4v) is 5.41. The molecule has 2 aromatic carbocycles. The number of benzene rings is 2. The van der Waals surface area contributed by atoms with Gasteiger partial charge in [0.1, 0.15) is 5.75 Å². The number of piperazine rings is 1. The summed E-state index contributed by atoms with van der Waals surface area (Å²) in [4.78, 5) is 19.2. The smallest absolute Gasteiger partial charge is 0.261 e. The topological polar surface area (TPSA) is 145 Å². The Morgan fingerprint density at radius 2 is 1.59 bits per heavy atom. The highest BCUT2D eigenvalue weighted by molar-refractivity contribution is 7.85. The summed E-state index contributed by atoms with van der Waals surface area (Å²) in [5, 5.41) is 3.56. The maximum Gasteiger partial charge on any atom is 0.261 e. The van der Waals surface area contributed by atoms with E-state index in [1.54, 1.807) is 4.90 Å². The van der Waals surface area contributed by atoms with E-state index in [0.29, 0.717) is 19.1 Å². The van der Waals surface area contributed by atoms with Gasteiger partial charge in [-0.15, -0.1) is 11.3 Å². The molecule has 11 nitrogen and oxygen atoms in total. The van der Waals surface area contributed by atoms with Crippen molar-refractivity contribution in [1.82, 2.24) is 9.80 Å². The van der Waals surface area contributed by atoms with Crippen molar-refractivity contribution in [2.75, 3.05) is 70.3 Å². The SMILES string of the molecule is CN1CCc2ccc(OCCCN3CCN(c4cccc5sccc45)CC3)cc2C1=O.CS(=O)(=O)O.CS(=O)(=O)O. The number of likely N-dealkylation sites (N-methyl/N-ethyl adjacent to an activating group) is 1. The van der Waals surface area contributed by atoms with Crippen LogP contribution in [0, 0.1) is 0 Å². The summed E-state index contributed by atoms with van der Waals surface area (Å²) in [7, 11) is -5.47. The van der Waals surface area contributed by atoms with Gasteiger partial charge in [-0.3, -0.25) is 18.8 Å². The Kier molecular flexibility index (Phi) is 11.5. The second-order valence-electron chi connectivity index (χ2n) is 9.90. The van der Waals surface area contributed by atoms with Gasteiger partial charge in [-0.25, -0.2) is 0 Å². The molecule has 3 aromatic rings. The maximum atomic E-state index is 12.4. The molecule has 14 heteroatoms. The van der Waals surface area contributed by atoms with E-state index < -0.39 is 20.2 Å². The number of carbonyl (C=O) groups excluding carboxylic acids is 1. The van der Waals surface area contributed by atoms with E-state index in [0.717, 1.165) is 69.0 Å². The van der Waals surface area contributed by atoms with Crippen molar-refractivity contribution in [3.8, 4) is 5.75 Å². The normalized spacial score (nSPS) is 15.9. The molecule has 0 radical (unpaired) electrons. The first-order valence-electron chi connectivity index (χ1n) is 13.0. The van der Waals surface area contributed by atoms with Crippen LogP contribution in [-0.2, 0) is 26.7 Å². The zero-order valence-corrected chi connectivity index (χ0v) is 25.8. The molecule has 2 aliphatic rings. The molecule has 0 saturated carbocycles. The minimum atomic E-state index is -3.67. The Labute approximate surface area is 245 Å². The van der Waals surface area contributed by atoms with Crippen LogP contribution in [0.5, 0.6) is 5.75 Å². The number of hydrogen-bond donors (Lipinski definition) is 2. The fraction of sp³-hybridized carbons (Fsp3) is 0.444. The van der Waals surface area contributed by atoms with Crippen LogP contribution in [0.3, 0.4) is 0 Å². The predicted molar refractivity (Wildman–Crippen MR) is 163 cm³/mol. The minimum Gasteiger partial charge on any atom is -0.494 e. The molecule has 0 atom stereocenters. The van der Waals surface area contributed by atoms with Crippen LogP contribution in [0.4, 0.5) is 5.69 Å². The summed E-state index contributed by atoms with van der Waals surface area (Å²) in [6.45, 7) is 6.81. The Morgan fingerprint density at radius 1 is 0.927 bits per heavy atom. The zero-order valence-electron chi connectivity index (χ0n) is 23.4. The molecule has 1 amide bonds. The minimum absolute atomic E-state index is 0.0997. The summed E-state index contributed by atoms with van der Waals surface area (Å²) < 4.78 is 59.1. The van der Waals surface area contributed by atoms with E-state index in [1.165, 1.54) is 15.8 Å². The van der Waals surface area contributed by atoms with Crippen LogP contribution in [0.1, 0.15) is 22.3 Å². The third-order valence-electron chi connectivity index (χ3n) is 6.45. The Bertz CT molecular complexity index is 1490. The van der Waals surface area contributed by atoms with Gasteiger partial charge in [0.2, 0.25) is 0 Å². The zero-order chi connectivity index (χ0) is 30.2. The summed E-state index contributed by atoms with van der Waals surface area (Å²) in [6.07, 6.45) is 3.34. The van der Waals surface area contributed by atoms with Gasteiger partial charge in [-0.1, -0.05) is 12.1 Å². The highest BCUT2D eigenvalue weighted by Crippen LogP contribution is 2.31. The number of nitrogens with zero attached hydrogens (tertiary/aromatic N) is 3. The molecule has 5 rings (SSSR count). The second kappa shape index (κ2) is 14.4. The number of hydrogen-bond acceptors (Lipinski definition) is 9. The van der Waals surface area contributed by atoms with E-state index >= 15 is 0 Å². The molecule has 2 aliphatic heterocycles. The van der Waals surface area contributed by atoms with Gasteiger partial charge in [-0.2, -0.15) is 16.8 Å². The first kappa shape index (κ1) is 32.8. The van der Waals surface area contributed by atoms with E-state index in [4.69, 9.17) is 13.8 Å². The van der Waals surface area contributed by atoms with Gasteiger partial charge in [0, 0.05) is 67.7 Å². The molecule has 3 heterocycles. The number of fused-ring (bicyclic) bond motifs is 2. The van der Waals surface area contributed by atoms with Gasteiger partial charge in [0.05, 0.1) is 19.1 Å². The highest BCUT2D eigenvalue weighted by Gasteiger charge is 2.22. The predicted octanol–water partition coefficient (Wildman–Crippen LogP) is 3.13. The Hall–Kier alpha value is -2.75. The van der Waals surface area contributed by atoms with E-state index in [9.17, 15) is 21.6 Å². The van der Waals surface area contributed by atoms with Crippen molar-refractivity contribution in [3.63, 3.8) is 0 Å². The van der Waals surface area contributed by atoms with Crippen molar-refractivity contribution in [1.29, 1.82) is 0 Å². The summed E-state index contributed by atoms with van der Waals surface area (Å²) in [6, 6.07) is 14.8. The van der Waals surface area contributed by atoms with Crippen LogP contribution in [-0.4, -0.2) is 107 Å². The fourth-order valence-electron chi connectivity index (χ4n) is 4.60.